The number of thioether (sulfide) groups is 1. The highest BCUT2D eigenvalue weighted by Gasteiger charge is 1.98. The molecular weight excluding hydrogens is 298 g/mol. The zero-order valence-corrected chi connectivity index (χ0v) is 13.3. The van der Waals surface area contributed by atoms with E-state index in [0.29, 0.717) is 6.54 Å². The molecule has 116 valence electrons. The van der Waals surface area contributed by atoms with Gasteiger partial charge in [0, 0.05) is 18.4 Å². The van der Waals surface area contributed by atoms with Gasteiger partial charge in [-0.3, -0.25) is 4.79 Å². The summed E-state index contributed by atoms with van der Waals surface area (Å²) in [4.78, 5) is 11.7. The first-order chi connectivity index (χ1) is 10.8. The zero-order chi connectivity index (χ0) is 15.6. The molecule has 0 atom stereocenters. The van der Waals surface area contributed by atoms with Crippen LogP contribution in [0.15, 0.2) is 53.2 Å². The molecule has 0 aliphatic rings. The Morgan fingerprint density at radius 1 is 1.32 bits per heavy atom. The van der Waals surface area contributed by atoms with Crippen LogP contribution in [0.1, 0.15) is 11.3 Å². The van der Waals surface area contributed by atoms with Crippen LogP contribution in [0.5, 0.6) is 5.75 Å². The van der Waals surface area contributed by atoms with Crippen LogP contribution in [-0.2, 0) is 10.5 Å². The highest BCUT2D eigenvalue weighted by Crippen LogP contribution is 2.12. The number of nitrogens with one attached hydrogen (secondary N) is 1. The van der Waals surface area contributed by atoms with E-state index in [1.807, 2.05) is 36.4 Å². The van der Waals surface area contributed by atoms with Crippen molar-refractivity contribution in [2.75, 3.05) is 19.4 Å². The smallest absolute Gasteiger partial charge is 0.244 e. The fourth-order valence-electron chi connectivity index (χ4n) is 1.76. The largest absolute Gasteiger partial charge is 0.497 e. The van der Waals surface area contributed by atoms with Crippen LogP contribution in [0.2, 0.25) is 0 Å². The molecule has 1 aromatic carbocycles. The molecule has 0 aliphatic heterocycles. The lowest BCUT2D eigenvalue weighted by Gasteiger charge is -2.02. The Morgan fingerprint density at radius 2 is 2.14 bits per heavy atom. The van der Waals surface area contributed by atoms with E-state index in [-0.39, 0.29) is 5.91 Å². The first-order valence-corrected chi connectivity index (χ1v) is 8.13. The van der Waals surface area contributed by atoms with Crippen molar-refractivity contribution < 1.29 is 13.9 Å². The first kappa shape index (κ1) is 16.2. The van der Waals surface area contributed by atoms with Gasteiger partial charge in [-0.1, -0.05) is 12.1 Å². The summed E-state index contributed by atoms with van der Waals surface area (Å²) in [5, 5.41) is 2.85. The van der Waals surface area contributed by atoms with E-state index in [2.05, 4.69) is 5.32 Å². The van der Waals surface area contributed by atoms with Crippen molar-refractivity contribution in [3.05, 3.63) is 60.1 Å². The van der Waals surface area contributed by atoms with Gasteiger partial charge >= 0.3 is 0 Å². The van der Waals surface area contributed by atoms with Crippen LogP contribution in [0.25, 0.3) is 6.08 Å². The molecule has 1 aromatic heterocycles. The summed E-state index contributed by atoms with van der Waals surface area (Å²) in [6, 6.07) is 11.4. The molecule has 0 bridgehead atoms. The molecule has 0 spiro atoms. The van der Waals surface area contributed by atoms with E-state index >= 15 is 0 Å². The SMILES string of the molecule is COc1ccc(/C=C/C(=O)NCCSCc2ccco2)cc1. The zero-order valence-electron chi connectivity index (χ0n) is 12.5. The van der Waals surface area contributed by atoms with Gasteiger partial charge in [0.15, 0.2) is 0 Å². The molecule has 0 fully saturated rings. The summed E-state index contributed by atoms with van der Waals surface area (Å²) in [6.07, 6.45) is 4.99. The predicted molar refractivity (Wildman–Crippen MR) is 89.9 cm³/mol. The first-order valence-electron chi connectivity index (χ1n) is 6.98. The number of rotatable bonds is 8. The molecule has 0 aliphatic carbocycles. The summed E-state index contributed by atoms with van der Waals surface area (Å²) in [5.41, 5.74) is 0.961. The van der Waals surface area contributed by atoms with Crippen LogP contribution < -0.4 is 10.1 Å². The van der Waals surface area contributed by atoms with Gasteiger partial charge in [-0.25, -0.2) is 0 Å². The van der Waals surface area contributed by atoms with E-state index in [1.165, 1.54) is 0 Å². The van der Waals surface area contributed by atoms with Crippen LogP contribution in [-0.4, -0.2) is 25.3 Å². The summed E-state index contributed by atoms with van der Waals surface area (Å²) < 4.78 is 10.3. The van der Waals surface area contributed by atoms with Crippen LogP contribution in [0, 0.1) is 0 Å². The lowest BCUT2D eigenvalue weighted by molar-refractivity contribution is -0.116. The predicted octanol–water partition coefficient (Wildman–Crippen LogP) is 3.35. The van der Waals surface area contributed by atoms with Crippen molar-refractivity contribution >= 4 is 23.7 Å². The van der Waals surface area contributed by atoms with Crippen LogP contribution >= 0.6 is 11.8 Å². The number of hydrogen-bond acceptors (Lipinski definition) is 4. The molecule has 5 heteroatoms. The third-order valence-corrected chi connectivity index (χ3v) is 3.89. The van der Waals surface area contributed by atoms with Gasteiger partial charge in [-0.2, -0.15) is 11.8 Å². The fraction of sp³-hybridized carbons (Fsp3) is 0.235. The van der Waals surface area contributed by atoms with Gasteiger partial charge in [0.05, 0.1) is 19.1 Å². The number of hydrogen-bond donors (Lipinski definition) is 1. The molecule has 1 heterocycles. The van der Waals surface area contributed by atoms with Gasteiger partial charge < -0.3 is 14.5 Å². The van der Waals surface area contributed by atoms with Gasteiger partial charge in [0.2, 0.25) is 5.91 Å². The fourth-order valence-corrected chi connectivity index (χ4v) is 2.52. The van der Waals surface area contributed by atoms with Crippen molar-refractivity contribution in [3.63, 3.8) is 0 Å². The molecule has 0 unspecified atom stereocenters. The van der Waals surface area contributed by atoms with E-state index in [9.17, 15) is 4.79 Å². The molecule has 2 aromatic rings. The number of ether oxygens (including phenoxy) is 1. The number of amides is 1. The Bertz CT molecular complexity index is 591. The second-order valence-corrected chi connectivity index (χ2v) is 5.63. The third kappa shape index (κ3) is 5.69. The van der Waals surface area contributed by atoms with Gasteiger partial charge in [0.25, 0.3) is 0 Å². The second kappa shape index (κ2) is 9.00. The topological polar surface area (TPSA) is 51.5 Å². The highest BCUT2D eigenvalue weighted by molar-refractivity contribution is 7.98. The molecule has 0 saturated carbocycles. The van der Waals surface area contributed by atoms with E-state index in [0.717, 1.165) is 28.6 Å². The second-order valence-electron chi connectivity index (χ2n) is 4.53. The standard InChI is InChI=1S/C17H19NO3S/c1-20-15-7-4-14(5-8-15)6-9-17(19)18-10-12-22-13-16-3-2-11-21-16/h2-9,11H,10,12-13H2,1H3,(H,18,19)/b9-6+. The number of benzene rings is 1. The number of furan rings is 1. The Labute approximate surface area is 134 Å². The lowest BCUT2D eigenvalue weighted by Crippen LogP contribution is -2.23. The monoisotopic (exact) mass is 317 g/mol. The Balaban J connectivity index is 1.63. The summed E-state index contributed by atoms with van der Waals surface area (Å²) >= 11 is 1.73. The minimum absolute atomic E-state index is 0.0885. The number of methoxy groups -OCH3 is 1. The van der Waals surface area contributed by atoms with Gasteiger partial charge in [-0.05, 0) is 35.9 Å². The minimum atomic E-state index is -0.0885. The van der Waals surface area contributed by atoms with E-state index in [4.69, 9.17) is 9.15 Å². The Morgan fingerprint density at radius 3 is 2.82 bits per heavy atom. The maximum absolute atomic E-state index is 11.7. The Kier molecular flexibility index (Phi) is 6.64. The van der Waals surface area contributed by atoms with Crippen molar-refractivity contribution in [1.29, 1.82) is 0 Å². The maximum atomic E-state index is 11.7. The normalized spacial score (nSPS) is 10.8. The van der Waals surface area contributed by atoms with E-state index < -0.39 is 0 Å². The number of carbonyl (C=O) groups excluding carboxylic acids is 1. The molecule has 1 N–H and O–H groups in total. The molecule has 4 nitrogen and oxygen atoms in total. The quantitative estimate of drug-likeness (QED) is 0.599. The highest BCUT2D eigenvalue weighted by atomic mass is 32.2. The van der Waals surface area contributed by atoms with E-state index in [1.54, 1.807) is 37.3 Å². The maximum Gasteiger partial charge on any atom is 0.244 e. The molecule has 0 radical (unpaired) electrons. The minimum Gasteiger partial charge on any atom is -0.497 e. The van der Waals surface area contributed by atoms with Gasteiger partial charge in [0.1, 0.15) is 11.5 Å². The van der Waals surface area contributed by atoms with Gasteiger partial charge in [-0.15, -0.1) is 0 Å². The summed E-state index contributed by atoms with van der Waals surface area (Å²) in [6.45, 7) is 0.636. The van der Waals surface area contributed by atoms with Crippen molar-refractivity contribution in [1.82, 2.24) is 5.32 Å². The van der Waals surface area contributed by atoms with Crippen LogP contribution in [0.4, 0.5) is 0 Å². The van der Waals surface area contributed by atoms with Crippen molar-refractivity contribution in [3.8, 4) is 5.75 Å². The van der Waals surface area contributed by atoms with Crippen LogP contribution in [0.3, 0.4) is 0 Å². The molecule has 2 rings (SSSR count). The third-order valence-electron chi connectivity index (χ3n) is 2.91. The average molecular weight is 317 g/mol. The molecule has 1 amide bonds. The summed E-state index contributed by atoms with van der Waals surface area (Å²) in [5.74, 6) is 3.34. The van der Waals surface area contributed by atoms with Crippen molar-refractivity contribution in [2.45, 2.75) is 5.75 Å². The summed E-state index contributed by atoms with van der Waals surface area (Å²) in [7, 11) is 1.63. The molecule has 22 heavy (non-hydrogen) atoms. The lowest BCUT2D eigenvalue weighted by atomic mass is 10.2. The number of carbonyl (C=O) groups is 1. The molecule has 0 saturated heterocycles. The Hall–Kier alpha value is -2.14. The molecular formula is C17H19NO3S. The van der Waals surface area contributed by atoms with Crippen molar-refractivity contribution in [2.24, 2.45) is 0 Å². The average Bonchev–Trinajstić information content (AvgIpc) is 3.06.